The summed E-state index contributed by atoms with van der Waals surface area (Å²) in [6, 6.07) is 5.45. The van der Waals surface area contributed by atoms with Gasteiger partial charge in [-0.2, -0.15) is 10.2 Å². The van der Waals surface area contributed by atoms with Crippen molar-refractivity contribution < 1.29 is 4.79 Å². The second-order valence-corrected chi connectivity index (χ2v) is 7.28. The minimum absolute atomic E-state index is 0.137. The number of carbonyl (C=O) groups is 1. The van der Waals surface area contributed by atoms with Crippen LogP contribution in [0.3, 0.4) is 0 Å². The van der Waals surface area contributed by atoms with E-state index in [0.717, 1.165) is 36.0 Å². The van der Waals surface area contributed by atoms with Crippen LogP contribution in [0.25, 0.3) is 5.69 Å². The molecule has 4 rings (SSSR count). The molecule has 1 N–H and O–H groups in total. The molecule has 1 aromatic carbocycles. The van der Waals surface area contributed by atoms with Gasteiger partial charge in [0.05, 0.1) is 11.4 Å². The molecule has 3 heterocycles. The zero-order chi connectivity index (χ0) is 18.8. The summed E-state index contributed by atoms with van der Waals surface area (Å²) in [6.45, 7) is 0.528. The van der Waals surface area contributed by atoms with Crippen LogP contribution in [-0.2, 0) is 24.3 Å². The molecule has 2 aromatic heterocycles. The summed E-state index contributed by atoms with van der Waals surface area (Å²) in [5.41, 5.74) is 1.01. The van der Waals surface area contributed by atoms with E-state index in [0.29, 0.717) is 17.9 Å². The smallest absolute Gasteiger partial charge is 0.323 e. The third-order valence-electron chi connectivity index (χ3n) is 4.47. The summed E-state index contributed by atoms with van der Waals surface area (Å²) in [6.07, 6.45) is 6.82. The molecule has 10 heteroatoms. The van der Waals surface area contributed by atoms with Gasteiger partial charge in [-0.3, -0.25) is 9.36 Å². The lowest BCUT2D eigenvalue weighted by molar-refractivity contribution is -0.117. The Morgan fingerprint density at radius 2 is 2.15 bits per heavy atom. The molecule has 0 fully saturated rings. The molecule has 0 atom stereocenters. The second kappa shape index (κ2) is 7.47. The Balaban J connectivity index is 1.56. The van der Waals surface area contributed by atoms with E-state index in [2.05, 4.69) is 36.4 Å². The maximum absolute atomic E-state index is 12.6. The van der Waals surface area contributed by atoms with Crippen molar-refractivity contribution in [1.29, 1.82) is 0 Å². The maximum Gasteiger partial charge on any atom is 0.346 e. The molecule has 1 amide bonds. The van der Waals surface area contributed by atoms with Crippen molar-refractivity contribution in [3.8, 4) is 5.69 Å². The van der Waals surface area contributed by atoms with Crippen molar-refractivity contribution in [3.63, 3.8) is 0 Å². The van der Waals surface area contributed by atoms with Gasteiger partial charge in [0.1, 0.15) is 25.0 Å². The Hall–Kier alpha value is -2.75. The third-order valence-corrected chi connectivity index (χ3v) is 4.97. The van der Waals surface area contributed by atoms with Crippen LogP contribution in [0, 0.1) is 0 Å². The van der Waals surface area contributed by atoms with Crippen LogP contribution in [-0.4, -0.2) is 35.0 Å². The fourth-order valence-electron chi connectivity index (χ4n) is 3.19. The summed E-state index contributed by atoms with van der Waals surface area (Å²) in [4.78, 5) is 29.0. The fraction of sp³-hybridized carbons (Fsp3) is 0.353. The van der Waals surface area contributed by atoms with Crippen molar-refractivity contribution in [1.82, 2.24) is 29.1 Å². The van der Waals surface area contributed by atoms with Gasteiger partial charge >= 0.3 is 5.69 Å². The van der Waals surface area contributed by atoms with Crippen LogP contribution in [0.1, 0.15) is 25.1 Å². The first-order chi connectivity index (χ1) is 13.1. The number of amides is 1. The van der Waals surface area contributed by atoms with E-state index in [4.69, 9.17) is 0 Å². The number of aryl methyl sites for hydroxylation is 1. The van der Waals surface area contributed by atoms with E-state index in [1.54, 1.807) is 21.6 Å². The first-order valence-corrected chi connectivity index (χ1v) is 9.52. The van der Waals surface area contributed by atoms with Gasteiger partial charge in [-0.05, 0) is 31.0 Å². The Kier molecular flexibility index (Phi) is 4.88. The van der Waals surface area contributed by atoms with Gasteiger partial charge in [0.15, 0.2) is 0 Å². The highest BCUT2D eigenvalue weighted by molar-refractivity contribution is 9.10. The number of nitrogens with zero attached hydrogens (tertiary/aromatic N) is 6. The minimum Gasteiger partial charge on any atom is -0.323 e. The number of anilines is 1. The van der Waals surface area contributed by atoms with Gasteiger partial charge in [-0.15, -0.1) is 0 Å². The third kappa shape index (κ3) is 3.70. The highest BCUT2D eigenvalue weighted by atomic mass is 79.9. The Labute approximate surface area is 163 Å². The van der Waals surface area contributed by atoms with Crippen LogP contribution in [0.4, 0.5) is 5.69 Å². The number of halogens is 1. The van der Waals surface area contributed by atoms with Crippen molar-refractivity contribution in [2.75, 3.05) is 5.32 Å². The quantitative estimate of drug-likeness (QED) is 0.677. The molecule has 0 aliphatic carbocycles. The molecule has 0 spiro atoms. The number of aromatic nitrogens is 6. The van der Waals surface area contributed by atoms with Crippen molar-refractivity contribution >= 4 is 27.5 Å². The average Bonchev–Trinajstić information content (AvgIpc) is 3.18. The summed E-state index contributed by atoms with van der Waals surface area (Å²) in [5.74, 6) is 0.431. The standard InChI is InChI=1S/C17H18BrN7O2/c18-12-5-6-14(25-11-19-10-20-25)13(8-12)21-16(26)9-24-17(27)23-7-3-1-2-4-15(23)22-24/h5-6,8,10-11H,1-4,7,9H2,(H,21,26). The van der Waals surface area contributed by atoms with Crippen LogP contribution >= 0.6 is 15.9 Å². The average molecular weight is 432 g/mol. The molecule has 9 nitrogen and oxygen atoms in total. The number of rotatable bonds is 4. The predicted octanol–water partition coefficient (Wildman–Crippen LogP) is 1.75. The van der Waals surface area contributed by atoms with Crippen molar-refractivity contribution in [3.05, 3.63) is 51.6 Å². The molecule has 0 saturated carbocycles. The highest BCUT2D eigenvalue weighted by Crippen LogP contribution is 2.24. The summed E-state index contributed by atoms with van der Waals surface area (Å²) >= 11 is 3.41. The topological polar surface area (TPSA) is 99.6 Å². The molecule has 27 heavy (non-hydrogen) atoms. The molecule has 0 radical (unpaired) electrons. The van der Waals surface area contributed by atoms with E-state index >= 15 is 0 Å². The normalized spacial score (nSPS) is 13.8. The zero-order valence-electron chi connectivity index (χ0n) is 14.5. The number of nitrogens with one attached hydrogen (secondary N) is 1. The Bertz CT molecular complexity index is 1020. The van der Waals surface area contributed by atoms with Gasteiger partial charge in [0.2, 0.25) is 5.91 Å². The summed E-state index contributed by atoms with van der Waals surface area (Å²) < 4.78 is 5.30. The molecular formula is C17H18BrN7O2. The molecule has 0 unspecified atom stereocenters. The molecular weight excluding hydrogens is 414 g/mol. The molecule has 1 aliphatic rings. The number of hydrogen-bond acceptors (Lipinski definition) is 5. The predicted molar refractivity (Wildman–Crippen MR) is 102 cm³/mol. The Morgan fingerprint density at radius 3 is 2.96 bits per heavy atom. The van der Waals surface area contributed by atoms with Crippen LogP contribution in [0.15, 0.2) is 40.1 Å². The molecule has 0 saturated heterocycles. The SMILES string of the molecule is O=C(Cn1nc2n(c1=O)CCCCC2)Nc1cc(Br)ccc1-n1cncn1. The summed E-state index contributed by atoms with van der Waals surface area (Å²) in [7, 11) is 0. The largest absolute Gasteiger partial charge is 0.346 e. The highest BCUT2D eigenvalue weighted by Gasteiger charge is 2.18. The first-order valence-electron chi connectivity index (χ1n) is 8.73. The van der Waals surface area contributed by atoms with E-state index in [-0.39, 0.29) is 18.1 Å². The van der Waals surface area contributed by atoms with E-state index in [1.165, 1.54) is 11.0 Å². The summed E-state index contributed by atoms with van der Waals surface area (Å²) in [5, 5.41) is 11.3. The lowest BCUT2D eigenvalue weighted by Gasteiger charge is -2.11. The van der Waals surface area contributed by atoms with Crippen LogP contribution < -0.4 is 11.0 Å². The monoisotopic (exact) mass is 431 g/mol. The number of hydrogen-bond donors (Lipinski definition) is 1. The minimum atomic E-state index is -0.329. The molecule has 0 bridgehead atoms. The van der Waals surface area contributed by atoms with E-state index < -0.39 is 0 Å². The van der Waals surface area contributed by atoms with E-state index in [9.17, 15) is 9.59 Å². The Morgan fingerprint density at radius 1 is 1.26 bits per heavy atom. The molecule has 140 valence electrons. The maximum atomic E-state index is 12.6. The van der Waals surface area contributed by atoms with Gasteiger partial charge in [-0.25, -0.2) is 19.1 Å². The zero-order valence-corrected chi connectivity index (χ0v) is 16.1. The van der Waals surface area contributed by atoms with Crippen molar-refractivity contribution in [2.24, 2.45) is 0 Å². The number of carbonyl (C=O) groups excluding carboxylic acids is 1. The van der Waals surface area contributed by atoms with Crippen molar-refractivity contribution in [2.45, 2.75) is 38.8 Å². The van der Waals surface area contributed by atoms with Gasteiger partial charge in [0, 0.05) is 17.4 Å². The number of benzene rings is 1. The van der Waals surface area contributed by atoms with Crippen LogP contribution in [0.2, 0.25) is 0 Å². The molecule has 3 aromatic rings. The number of fused-ring (bicyclic) bond motifs is 1. The van der Waals surface area contributed by atoms with Gasteiger partial charge in [0.25, 0.3) is 0 Å². The molecule has 1 aliphatic heterocycles. The lowest BCUT2D eigenvalue weighted by atomic mass is 10.2. The van der Waals surface area contributed by atoms with Crippen LogP contribution in [0.5, 0.6) is 0 Å². The first kappa shape index (κ1) is 17.7. The van der Waals surface area contributed by atoms with E-state index in [1.807, 2.05) is 12.1 Å². The van der Waals surface area contributed by atoms with Gasteiger partial charge < -0.3 is 5.32 Å². The second-order valence-electron chi connectivity index (χ2n) is 6.37. The van der Waals surface area contributed by atoms with Gasteiger partial charge in [-0.1, -0.05) is 22.4 Å². The fourth-order valence-corrected chi connectivity index (χ4v) is 3.56. The lowest BCUT2D eigenvalue weighted by Crippen LogP contribution is -2.30.